The van der Waals surface area contributed by atoms with Crippen molar-refractivity contribution < 1.29 is 13.5 Å². The van der Waals surface area contributed by atoms with E-state index in [4.69, 9.17) is 4.74 Å². The van der Waals surface area contributed by atoms with Gasteiger partial charge in [0.15, 0.2) is 11.6 Å². The van der Waals surface area contributed by atoms with Gasteiger partial charge in [0.25, 0.3) is 0 Å². The first-order chi connectivity index (χ1) is 8.11. The van der Waals surface area contributed by atoms with Crippen molar-refractivity contribution in [2.75, 3.05) is 20.3 Å². The molecule has 0 spiro atoms. The van der Waals surface area contributed by atoms with Gasteiger partial charge >= 0.3 is 0 Å². The van der Waals surface area contributed by atoms with Crippen LogP contribution in [0.2, 0.25) is 0 Å². The van der Waals surface area contributed by atoms with Gasteiger partial charge in [-0.05, 0) is 40.5 Å². The van der Waals surface area contributed by atoms with Crippen LogP contribution in [0.4, 0.5) is 8.78 Å². The van der Waals surface area contributed by atoms with E-state index in [1.807, 2.05) is 6.92 Å². The molecule has 1 aromatic carbocycles. The Morgan fingerprint density at radius 2 is 2.12 bits per heavy atom. The number of ether oxygens (including phenoxy) is 1. The van der Waals surface area contributed by atoms with Gasteiger partial charge in [-0.2, -0.15) is 0 Å². The molecule has 1 aromatic rings. The predicted molar refractivity (Wildman–Crippen MR) is 67.0 cm³/mol. The molecule has 0 bridgehead atoms. The fourth-order valence-electron chi connectivity index (χ4n) is 1.55. The summed E-state index contributed by atoms with van der Waals surface area (Å²) < 4.78 is 31.7. The molecule has 1 atom stereocenters. The maximum absolute atomic E-state index is 13.4. The summed E-state index contributed by atoms with van der Waals surface area (Å²) in [4.78, 5) is 0. The lowest BCUT2D eigenvalue weighted by atomic mass is 10.1. The molecule has 1 N–H and O–H groups in total. The number of benzene rings is 1. The van der Waals surface area contributed by atoms with E-state index in [0.29, 0.717) is 12.2 Å². The van der Waals surface area contributed by atoms with Crippen LogP contribution in [0.1, 0.15) is 24.9 Å². The maximum atomic E-state index is 13.4. The zero-order valence-electron chi connectivity index (χ0n) is 9.90. The predicted octanol–water partition coefficient (Wildman–Crippen LogP) is 3.41. The number of nitrogens with one attached hydrogen (secondary N) is 1. The third-order valence-electron chi connectivity index (χ3n) is 2.41. The molecule has 0 amide bonds. The summed E-state index contributed by atoms with van der Waals surface area (Å²) in [6, 6.07) is 2.55. The Balaban J connectivity index is 2.97. The highest BCUT2D eigenvalue weighted by atomic mass is 79.9. The average molecular weight is 308 g/mol. The second-order valence-corrected chi connectivity index (χ2v) is 4.52. The van der Waals surface area contributed by atoms with Crippen molar-refractivity contribution in [2.45, 2.75) is 19.4 Å². The second kappa shape index (κ2) is 7.03. The molecule has 96 valence electrons. The summed E-state index contributed by atoms with van der Waals surface area (Å²) in [5, 5.41) is 3.23. The average Bonchev–Trinajstić information content (AvgIpc) is 2.32. The van der Waals surface area contributed by atoms with Gasteiger partial charge < -0.3 is 10.1 Å². The third kappa shape index (κ3) is 3.72. The number of hydrogen-bond acceptors (Lipinski definition) is 2. The fraction of sp³-hybridized carbons (Fsp3) is 0.500. The molecule has 1 rings (SSSR count). The number of hydrogen-bond donors (Lipinski definition) is 1. The fourth-order valence-corrected chi connectivity index (χ4v) is 2.15. The molecule has 5 heteroatoms. The Morgan fingerprint density at radius 1 is 1.41 bits per heavy atom. The SMILES string of the molecule is CCCNC(COC)c1ccc(F)c(F)c1Br. The molecule has 0 heterocycles. The van der Waals surface area contributed by atoms with Gasteiger partial charge in [0.05, 0.1) is 17.1 Å². The van der Waals surface area contributed by atoms with Crippen molar-refractivity contribution in [1.29, 1.82) is 0 Å². The monoisotopic (exact) mass is 307 g/mol. The first-order valence-electron chi connectivity index (χ1n) is 5.47. The van der Waals surface area contributed by atoms with Crippen molar-refractivity contribution in [1.82, 2.24) is 5.32 Å². The molecule has 2 nitrogen and oxygen atoms in total. The van der Waals surface area contributed by atoms with E-state index in [0.717, 1.165) is 19.0 Å². The van der Waals surface area contributed by atoms with Gasteiger partial charge in [-0.25, -0.2) is 8.78 Å². The molecule has 0 aliphatic rings. The molecule has 1 unspecified atom stereocenters. The van der Waals surface area contributed by atoms with Crippen LogP contribution in [0, 0.1) is 11.6 Å². The topological polar surface area (TPSA) is 21.3 Å². The largest absolute Gasteiger partial charge is 0.383 e. The first-order valence-corrected chi connectivity index (χ1v) is 6.26. The molecule has 17 heavy (non-hydrogen) atoms. The van der Waals surface area contributed by atoms with Crippen LogP contribution in [0.15, 0.2) is 16.6 Å². The van der Waals surface area contributed by atoms with Crippen molar-refractivity contribution in [3.63, 3.8) is 0 Å². The summed E-state index contributed by atoms with van der Waals surface area (Å²) in [6.07, 6.45) is 0.960. The Labute approximate surface area is 108 Å². The van der Waals surface area contributed by atoms with Crippen molar-refractivity contribution in [3.8, 4) is 0 Å². The van der Waals surface area contributed by atoms with E-state index in [1.54, 1.807) is 13.2 Å². The standard InChI is InChI=1S/C12H16BrF2NO/c1-3-6-16-10(7-17-2)8-4-5-9(14)12(15)11(8)13/h4-5,10,16H,3,6-7H2,1-2H3. The highest BCUT2D eigenvalue weighted by molar-refractivity contribution is 9.10. The van der Waals surface area contributed by atoms with Crippen LogP contribution < -0.4 is 5.32 Å². The highest BCUT2D eigenvalue weighted by Crippen LogP contribution is 2.28. The molecule has 0 aromatic heterocycles. The minimum absolute atomic E-state index is 0.149. The van der Waals surface area contributed by atoms with Gasteiger partial charge in [0, 0.05) is 7.11 Å². The molecule has 0 saturated carbocycles. The molecule has 0 saturated heterocycles. The summed E-state index contributed by atoms with van der Waals surface area (Å²) in [6.45, 7) is 3.24. The van der Waals surface area contributed by atoms with Crippen molar-refractivity contribution in [2.24, 2.45) is 0 Å². The quantitative estimate of drug-likeness (QED) is 0.813. The van der Waals surface area contributed by atoms with Gasteiger partial charge in [0.2, 0.25) is 0 Å². The lowest BCUT2D eigenvalue weighted by Crippen LogP contribution is -2.26. The van der Waals surface area contributed by atoms with Gasteiger partial charge in [0.1, 0.15) is 0 Å². The van der Waals surface area contributed by atoms with Gasteiger partial charge in [-0.3, -0.25) is 0 Å². The molecule has 0 aliphatic carbocycles. The highest BCUT2D eigenvalue weighted by Gasteiger charge is 2.18. The summed E-state index contributed by atoms with van der Waals surface area (Å²) in [5.41, 5.74) is 0.666. The van der Waals surface area contributed by atoms with Gasteiger partial charge in [-0.1, -0.05) is 13.0 Å². The van der Waals surface area contributed by atoms with Crippen LogP contribution in [-0.4, -0.2) is 20.3 Å². The zero-order valence-corrected chi connectivity index (χ0v) is 11.5. The van der Waals surface area contributed by atoms with E-state index < -0.39 is 11.6 Å². The van der Waals surface area contributed by atoms with Crippen molar-refractivity contribution in [3.05, 3.63) is 33.8 Å². The lowest BCUT2D eigenvalue weighted by molar-refractivity contribution is 0.166. The number of halogens is 3. The van der Waals surface area contributed by atoms with E-state index >= 15 is 0 Å². The van der Waals surface area contributed by atoms with E-state index in [1.165, 1.54) is 0 Å². The summed E-state index contributed by atoms with van der Waals surface area (Å²) in [7, 11) is 1.58. The van der Waals surface area contributed by atoms with Crippen LogP contribution >= 0.6 is 15.9 Å². The van der Waals surface area contributed by atoms with E-state index in [-0.39, 0.29) is 10.5 Å². The minimum Gasteiger partial charge on any atom is -0.383 e. The molecule has 0 aliphatic heterocycles. The normalized spacial score (nSPS) is 12.8. The minimum atomic E-state index is -0.859. The second-order valence-electron chi connectivity index (χ2n) is 3.73. The summed E-state index contributed by atoms with van der Waals surface area (Å²) >= 11 is 3.08. The Bertz CT molecular complexity index is 374. The van der Waals surface area contributed by atoms with Crippen LogP contribution in [0.25, 0.3) is 0 Å². The molecule has 0 radical (unpaired) electrons. The Hall–Kier alpha value is -0.520. The first kappa shape index (κ1) is 14.5. The smallest absolute Gasteiger partial charge is 0.173 e. The maximum Gasteiger partial charge on any atom is 0.173 e. The van der Waals surface area contributed by atoms with Gasteiger partial charge in [-0.15, -0.1) is 0 Å². The molecule has 0 fully saturated rings. The van der Waals surface area contributed by atoms with Crippen LogP contribution in [0.5, 0.6) is 0 Å². The van der Waals surface area contributed by atoms with E-state index in [9.17, 15) is 8.78 Å². The van der Waals surface area contributed by atoms with Crippen LogP contribution in [0.3, 0.4) is 0 Å². The van der Waals surface area contributed by atoms with Crippen LogP contribution in [-0.2, 0) is 4.74 Å². The number of rotatable bonds is 6. The Morgan fingerprint density at radius 3 is 2.71 bits per heavy atom. The van der Waals surface area contributed by atoms with Crippen molar-refractivity contribution >= 4 is 15.9 Å². The summed E-state index contributed by atoms with van der Waals surface area (Å²) in [5.74, 6) is -1.71. The zero-order chi connectivity index (χ0) is 12.8. The molecular formula is C12H16BrF2NO. The van der Waals surface area contributed by atoms with E-state index in [2.05, 4.69) is 21.2 Å². The molecular weight excluding hydrogens is 292 g/mol. The Kier molecular flexibility index (Phi) is 6.02. The lowest BCUT2D eigenvalue weighted by Gasteiger charge is -2.19. The number of methoxy groups -OCH3 is 1. The third-order valence-corrected chi connectivity index (χ3v) is 3.22.